The van der Waals surface area contributed by atoms with Crippen molar-refractivity contribution >= 4 is 27.9 Å². The molecule has 1 aromatic carbocycles. The summed E-state index contributed by atoms with van der Waals surface area (Å²) in [6.45, 7) is 8.57. The van der Waals surface area contributed by atoms with E-state index in [4.69, 9.17) is 4.42 Å². The van der Waals surface area contributed by atoms with E-state index >= 15 is 0 Å². The minimum atomic E-state index is 0.770. The van der Waals surface area contributed by atoms with Gasteiger partial charge in [0.2, 0.25) is 0 Å². The maximum Gasteiger partial charge on any atom is 0.159 e. The van der Waals surface area contributed by atoms with Crippen molar-refractivity contribution in [2.75, 3.05) is 31.5 Å². The molecule has 3 aromatic rings. The molecule has 0 atom stereocenters. The minimum Gasteiger partial charge on any atom is -0.454 e. The number of benzene rings is 1. The van der Waals surface area contributed by atoms with Gasteiger partial charge in [-0.15, -0.1) is 10.2 Å². The standard InChI is InChI=1S/C17H22N4O/c1-3-21(4-2)11-7-10-18-16-12-15-17(20-19-16)13-8-5-6-9-14(13)22-15/h5-6,8-9,12H,3-4,7,10-11H2,1-2H3,(H,18,19). The summed E-state index contributed by atoms with van der Waals surface area (Å²) >= 11 is 0. The molecule has 0 unspecified atom stereocenters. The van der Waals surface area contributed by atoms with Gasteiger partial charge in [-0.1, -0.05) is 26.0 Å². The summed E-state index contributed by atoms with van der Waals surface area (Å²) in [6.07, 6.45) is 1.08. The first-order valence-corrected chi connectivity index (χ1v) is 7.93. The van der Waals surface area contributed by atoms with Crippen LogP contribution in [0.3, 0.4) is 0 Å². The Kier molecular flexibility index (Phi) is 4.53. The fourth-order valence-electron chi connectivity index (χ4n) is 2.65. The lowest BCUT2D eigenvalue weighted by Gasteiger charge is -2.17. The zero-order valence-electron chi connectivity index (χ0n) is 13.2. The minimum absolute atomic E-state index is 0.770. The summed E-state index contributed by atoms with van der Waals surface area (Å²) in [4.78, 5) is 2.41. The van der Waals surface area contributed by atoms with Crippen LogP contribution in [0.15, 0.2) is 34.7 Å². The van der Waals surface area contributed by atoms with Crippen LogP contribution in [0.5, 0.6) is 0 Å². The van der Waals surface area contributed by atoms with Crippen LogP contribution in [-0.4, -0.2) is 41.3 Å². The third-order valence-electron chi connectivity index (χ3n) is 3.97. The number of hydrogen-bond donors (Lipinski definition) is 1. The zero-order valence-corrected chi connectivity index (χ0v) is 13.2. The van der Waals surface area contributed by atoms with Crippen LogP contribution in [0.2, 0.25) is 0 Å². The molecule has 5 heteroatoms. The Morgan fingerprint density at radius 2 is 1.91 bits per heavy atom. The van der Waals surface area contributed by atoms with Gasteiger partial charge in [0, 0.05) is 18.0 Å². The quantitative estimate of drug-likeness (QED) is 0.676. The highest BCUT2D eigenvalue weighted by atomic mass is 16.3. The predicted octanol–water partition coefficient (Wildman–Crippen LogP) is 3.52. The van der Waals surface area contributed by atoms with Crippen molar-refractivity contribution < 1.29 is 4.42 Å². The number of nitrogens with one attached hydrogen (secondary N) is 1. The molecule has 2 aromatic heterocycles. The van der Waals surface area contributed by atoms with Gasteiger partial charge in [0.05, 0.1) is 0 Å². The zero-order chi connectivity index (χ0) is 15.4. The van der Waals surface area contributed by atoms with Crippen molar-refractivity contribution in [2.45, 2.75) is 20.3 Å². The smallest absolute Gasteiger partial charge is 0.159 e. The first-order chi connectivity index (χ1) is 10.8. The highest BCUT2D eigenvalue weighted by Gasteiger charge is 2.09. The molecular formula is C17H22N4O. The van der Waals surface area contributed by atoms with Gasteiger partial charge >= 0.3 is 0 Å². The molecule has 0 bridgehead atoms. The molecule has 0 amide bonds. The number of anilines is 1. The van der Waals surface area contributed by atoms with E-state index in [-0.39, 0.29) is 0 Å². The Morgan fingerprint density at radius 3 is 2.73 bits per heavy atom. The average molecular weight is 298 g/mol. The molecule has 0 aliphatic carbocycles. The number of nitrogens with zero attached hydrogens (tertiary/aromatic N) is 3. The average Bonchev–Trinajstić information content (AvgIpc) is 2.92. The number of aromatic nitrogens is 2. The van der Waals surface area contributed by atoms with Crippen molar-refractivity contribution in [1.29, 1.82) is 0 Å². The number of hydrogen-bond acceptors (Lipinski definition) is 5. The van der Waals surface area contributed by atoms with E-state index in [0.29, 0.717) is 0 Å². The van der Waals surface area contributed by atoms with E-state index in [1.165, 1.54) is 0 Å². The van der Waals surface area contributed by atoms with Crippen LogP contribution in [-0.2, 0) is 0 Å². The summed E-state index contributed by atoms with van der Waals surface area (Å²) in [5, 5.41) is 12.9. The number of furan rings is 1. The van der Waals surface area contributed by atoms with Crippen molar-refractivity contribution in [2.24, 2.45) is 0 Å². The third kappa shape index (κ3) is 3.04. The molecule has 0 fully saturated rings. The fourth-order valence-corrected chi connectivity index (χ4v) is 2.65. The Hall–Kier alpha value is -2.14. The number of para-hydroxylation sites is 1. The summed E-state index contributed by atoms with van der Waals surface area (Å²) in [6, 6.07) is 9.84. The second kappa shape index (κ2) is 6.75. The molecule has 3 rings (SSSR count). The summed E-state index contributed by atoms with van der Waals surface area (Å²) < 4.78 is 5.82. The number of rotatable bonds is 7. The largest absolute Gasteiger partial charge is 0.454 e. The molecule has 0 saturated heterocycles. The molecule has 0 spiro atoms. The lowest BCUT2D eigenvalue weighted by Crippen LogP contribution is -2.25. The molecule has 0 aliphatic rings. The van der Waals surface area contributed by atoms with Gasteiger partial charge in [-0.3, -0.25) is 0 Å². The monoisotopic (exact) mass is 298 g/mol. The van der Waals surface area contributed by atoms with Crippen LogP contribution in [0, 0.1) is 0 Å². The normalized spacial score (nSPS) is 11.6. The van der Waals surface area contributed by atoms with Crippen LogP contribution < -0.4 is 5.32 Å². The van der Waals surface area contributed by atoms with E-state index < -0.39 is 0 Å². The first kappa shape index (κ1) is 14.8. The Bertz CT molecular complexity index is 749. The predicted molar refractivity (Wildman–Crippen MR) is 90.2 cm³/mol. The number of fused-ring (bicyclic) bond motifs is 3. The van der Waals surface area contributed by atoms with Crippen molar-refractivity contribution in [3.63, 3.8) is 0 Å². The molecule has 0 radical (unpaired) electrons. The van der Waals surface area contributed by atoms with Gasteiger partial charge in [0.1, 0.15) is 11.1 Å². The van der Waals surface area contributed by atoms with Crippen molar-refractivity contribution in [3.8, 4) is 0 Å². The second-order valence-corrected chi connectivity index (χ2v) is 5.35. The SMILES string of the molecule is CCN(CC)CCCNc1cc2oc3ccccc3c2nn1. The molecule has 1 N–H and O–H groups in total. The van der Waals surface area contributed by atoms with E-state index in [0.717, 1.165) is 60.5 Å². The Balaban J connectivity index is 1.66. The first-order valence-electron chi connectivity index (χ1n) is 7.93. The van der Waals surface area contributed by atoms with E-state index in [9.17, 15) is 0 Å². The Labute approximate surface area is 130 Å². The molecule has 0 aliphatic heterocycles. The van der Waals surface area contributed by atoms with Crippen LogP contribution in [0.1, 0.15) is 20.3 Å². The summed E-state index contributed by atoms with van der Waals surface area (Å²) in [5.41, 5.74) is 2.46. The van der Waals surface area contributed by atoms with E-state index in [1.54, 1.807) is 0 Å². The molecule has 2 heterocycles. The third-order valence-corrected chi connectivity index (χ3v) is 3.97. The molecule has 116 valence electrons. The molecular weight excluding hydrogens is 276 g/mol. The molecule has 0 saturated carbocycles. The van der Waals surface area contributed by atoms with Crippen LogP contribution >= 0.6 is 0 Å². The highest BCUT2D eigenvalue weighted by molar-refractivity contribution is 6.02. The van der Waals surface area contributed by atoms with E-state index in [2.05, 4.69) is 34.3 Å². The van der Waals surface area contributed by atoms with Gasteiger partial charge in [-0.05, 0) is 38.2 Å². The maximum atomic E-state index is 5.82. The van der Waals surface area contributed by atoms with Crippen LogP contribution in [0.4, 0.5) is 5.82 Å². The van der Waals surface area contributed by atoms with E-state index in [1.807, 2.05) is 30.3 Å². The van der Waals surface area contributed by atoms with Gasteiger partial charge in [0.15, 0.2) is 11.4 Å². The summed E-state index contributed by atoms with van der Waals surface area (Å²) in [7, 11) is 0. The van der Waals surface area contributed by atoms with Crippen LogP contribution in [0.25, 0.3) is 22.1 Å². The Morgan fingerprint density at radius 1 is 1.09 bits per heavy atom. The fraction of sp³-hybridized carbons (Fsp3) is 0.412. The van der Waals surface area contributed by atoms with Gasteiger partial charge in [-0.2, -0.15) is 0 Å². The van der Waals surface area contributed by atoms with Gasteiger partial charge in [0.25, 0.3) is 0 Å². The molecule has 22 heavy (non-hydrogen) atoms. The van der Waals surface area contributed by atoms with Crippen molar-refractivity contribution in [1.82, 2.24) is 15.1 Å². The summed E-state index contributed by atoms with van der Waals surface area (Å²) in [5.74, 6) is 0.770. The molecule has 5 nitrogen and oxygen atoms in total. The lowest BCUT2D eigenvalue weighted by molar-refractivity contribution is 0.303. The lowest BCUT2D eigenvalue weighted by atomic mass is 10.2. The second-order valence-electron chi connectivity index (χ2n) is 5.35. The highest BCUT2D eigenvalue weighted by Crippen LogP contribution is 2.27. The van der Waals surface area contributed by atoms with Crippen molar-refractivity contribution in [3.05, 3.63) is 30.3 Å². The topological polar surface area (TPSA) is 54.2 Å². The van der Waals surface area contributed by atoms with Gasteiger partial charge in [-0.25, -0.2) is 0 Å². The maximum absolute atomic E-state index is 5.82. The van der Waals surface area contributed by atoms with Gasteiger partial charge < -0.3 is 14.6 Å².